The predicted octanol–water partition coefficient (Wildman–Crippen LogP) is 1.46. The molecule has 98 valence electrons. The molecule has 3 rings (SSSR count). The fourth-order valence-corrected chi connectivity index (χ4v) is 2.02. The van der Waals surface area contributed by atoms with Crippen molar-refractivity contribution in [1.82, 2.24) is 0 Å². The Bertz CT molecular complexity index is 277. The van der Waals surface area contributed by atoms with Crippen LogP contribution in [-0.2, 0) is 23.7 Å². The molecule has 3 aliphatic heterocycles. The van der Waals surface area contributed by atoms with Crippen LogP contribution in [0.1, 0.15) is 33.6 Å². The lowest BCUT2D eigenvalue weighted by atomic mass is 9.86. The maximum Gasteiger partial charge on any atom is 0.322 e. The summed E-state index contributed by atoms with van der Waals surface area (Å²) in [6.45, 7) is 7.36. The Morgan fingerprint density at radius 1 is 1.24 bits per heavy atom. The first-order valence-electron chi connectivity index (χ1n) is 6.17. The van der Waals surface area contributed by atoms with E-state index >= 15 is 0 Å². The highest BCUT2D eigenvalue weighted by molar-refractivity contribution is 5.69. The second kappa shape index (κ2) is 4.55. The second-order valence-corrected chi connectivity index (χ2v) is 4.81. The average molecular weight is 244 g/mol. The predicted molar refractivity (Wildman–Crippen MR) is 59.2 cm³/mol. The Hall–Kier alpha value is -0.650. The summed E-state index contributed by atoms with van der Waals surface area (Å²) in [5.41, 5.74) is -0.0315. The second-order valence-electron chi connectivity index (χ2n) is 4.81. The monoisotopic (exact) mass is 244 g/mol. The summed E-state index contributed by atoms with van der Waals surface area (Å²) in [5, 5.41) is 0. The Kier molecular flexibility index (Phi) is 3.43. The van der Waals surface area contributed by atoms with Crippen molar-refractivity contribution in [2.45, 2.75) is 45.7 Å². The van der Waals surface area contributed by atoms with Crippen LogP contribution in [0.3, 0.4) is 0 Å². The van der Waals surface area contributed by atoms with Gasteiger partial charge in [0.15, 0.2) is 6.10 Å². The largest absolute Gasteiger partial charge is 0.454 e. The number of rotatable bonds is 4. The summed E-state index contributed by atoms with van der Waals surface area (Å²) in [6, 6.07) is 0. The molecule has 0 saturated carbocycles. The Labute approximate surface area is 101 Å². The van der Waals surface area contributed by atoms with Crippen molar-refractivity contribution in [2.75, 3.05) is 19.8 Å². The number of hydrogen-bond acceptors (Lipinski definition) is 5. The molecule has 3 fully saturated rings. The topological polar surface area (TPSA) is 54.0 Å². The Balaban J connectivity index is 2.00. The first kappa shape index (κ1) is 12.8. The highest BCUT2D eigenvalue weighted by Gasteiger charge is 2.56. The molecule has 0 radical (unpaired) electrons. The normalized spacial score (nSPS) is 37.8. The van der Waals surface area contributed by atoms with Crippen LogP contribution in [0, 0.1) is 5.41 Å². The van der Waals surface area contributed by atoms with Gasteiger partial charge < -0.3 is 18.9 Å². The third-order valence-corrected chi connectivity index (χ3v) is 3.58. The van der Waals surface area contributed by atoms with Crippen molar-refractivity contribution in [3.63, 3.8) is 0 Å². The van der Waals surface area contributed by atoms with E-state index in [1.807, 2.05) is 0 Å². The molecule has 1 atom stereocenters. The van der Waals surface area contributed by atoms with E-state index in [1.54, 1.807) is 13.8 Å². The van der Waals surface area contributed by atoms with Gasteiger partial charge in [-0.3, -0.25) is 4.79 Å². The SMILES string of the molecule is CCC(=O)OC(C)C12OCC(CC)(CO1)CO2. The smallest absolute Gasteiger partial charge is 0.322 e. The summed E-state index contributed by atoms with van der Waals surface area (Å²) >= 11 is 0. The van der Waals surface area contributed by atoms with Gasteiger partial charge in [-0.1, -0.05) is 13.8 Å². The van der Waals surface area contributed by atoms with Gasteiger partial charge in [0.05, 0.1) is 19.8 Å². The minimum atomic E-state index is -1.19. The standard InChI is InChI=1S/C12H20O5/c1-4-10(13)17-9(3)12-14-6-11(5-2,7-15-12)8-16-12/h9H,4-8H2,1-3H3. The van der Waals surface area contributed by atoms with Gasteiger partial charge in [-0.25, -0.2) is 0 Å². The van der Waals surface area contributed by atoms with Crippen LogP contribution in [0.4, 0.5) is 0 Å². The molecule has 0 aromatic rings. The third kappa shape index (κ3) is 2.19. The van der Waals surface area contributed by atoms with Gasteiger partial charge in [-0.15, -0.1) is 0 Å². The summed E-state index contributed by atoms with van der Waals surface area (Å²) < 4.78 is 22.1. The third-order valence-electron chi connectivity index (χ3n) is 3.58. The van der Waals surface area contributed by atoms with Crippen LogP contribution in [0.15, 0.2) is 0 Å². The maximum atomic E-state index is 11.3. The van der Waals surface area contributed by atoms with E-state index < -0.39 is 12.1 Å². The first-order chi connectivity index (χ1) is 8.06. The average Bonchev–Trinajstić information content (AvgIpc) is 2.40. The molecule has 1 unspecified atom stereocenters. The van der Waals surface area contributed by atoms with E-state index in [4.69, 9.17) is 18.9 Å². The molecule has 5 nitrogen and oxygen atoms in total. The van der Waals surface area contributed by atoms with E-state index in [0.717, 1.165) is 6.42 Å². The van der Waals surface area contributed by atoms with Crippen molar-refractivity contribution in [3.8, 4) is 0 Å². The number of ether oxygens (including phenoxy) is 4. The van der Waals surface area contributed by atoms with Gasteiger partial charge in [-0.05, 0) is 13.3 Å². The van der Waals surface area contributed by atoms with Gasteiger partial charge in [0, 0.05) is 11.8 Å². The summed E-state index contributed by atoms with van der Waals surface area (Å²) in [7, 11) is 0. The molecule has 2 bridgehead atoms. The van der Waals surface area contributed by atoms with Crippen molar-refractivity contribution in [3.05, 3.63) is 0 Å². The lowest BCUT2D eigenvalue weighted by molar-refractivity contribution is -0.488. The zero-order valence-corrected chi connectivity index (χ0v) is 10.7. The maximum absolute atomic E-state index is 11.3. The lowest BCUT2D eigenvalue weighted by Gasteiger charge is -2.52. The number of hydrogen-bond donors (Lipinski definition) is 0. The van der Waals surface area contributed by atoms with Crippen LogP contribution < -0.4 is 0 Å². The van der Waals surface area contributed by atoms with Crippen LogP contribution in [-0.4, -0.2) is 37.9 Å². The van der Waals surface area contributed by atoms with Crippen molar-refractivity contribution in [1.29, 1.82) is 0 Å². The molecular weight excluding hydrogens is 224 g/mol. The van der Waals surface area contributed by atoms with Crippen molar-refractivity contribution < 1.29 is 23.7 Å². The van der Waals surface area contributed by atoms with Gasteiger partial charge in [0.2, 0.25) is 0 Å². The van der Waals surface area contributed by atoms with Crippen LogP contribution >= 0.6 is 0 Å². The van der Waals surface area contributed by atoms with Gasteiger partial charge in [0.25, 0.3) is 0 Å². The van der Waals surface area contributed by atoms with Crippen LogP contribution in [0.5, 0.6) is 0 Å². The highest BCUT2D eigenvalue weighted by atomic mass is 16.9. The molecule has 0 N–H and O–H groups in total. The van der Waals surface area contributed by atoms with Crippen molar-refractivity contribution in [2.24, 2.45) is 5.41 Å². The molecule has 0 aromatic carbocycles. The Morgan fingerprint density at radius 3 is 2.18 bits per heavy atom. The molecule has 5 heteroatoms. The van der Waals surface area contributed by atoms with E-state index in [0.29, 0.717) is 26.2 Å². The molecule has 0 aromatic heterocycles. The highest BCUT2D eigenvalue weighted by Crippen LogP contribution is 2.42. The zero-order valence-electron chi connectivity index (χ0n) is 10.7. The number of fused-ring (bicyclic) bond motifs is 3. The molecule has 3 aliphatic rings. The van der Waals surface area contributed by atoms with Gasteiger partial charge in [0.1, 0.15) is 0 Å². The molecule has 17 heavy (non-hydrogen) atoms. The van der Waals surface area contributed by atoms with E-state index in [9.17, 15) is 4.79 Å². The lowest BCUT2D eigenvalue weighted by Crippen LogP contribution is -2.64. The minimum absolute atomic E-state index is 0.0315. The minimum Gasteiger partial charge on any atom is -0.454 e. The summed E-state index contributed by atoms with van der Waals surface area (Å²) in [6.07, 6.45) is 0.732. The van der Waals surface area contributed by atoms with Gasteiger partial charge >= 0.3 is 11.9 Å². The molecule has 0 aliphatic carbocycles. The van der Waals surface area contributed by atoms with Crippen molar-refractivity contribution >= 4 is 5.97 Å². The van der Waals surface area contributed by atoms with Crippen LogP contribution in [0.2, 0.25) is 0 Å². The Morgan fingerprint density at radius 2 is 1.76 bits per heavy atom. The molecular formula is C12H20O5. The molecule has 0 amide bonds. The molecule has 0 spiro atoms. The number of carbonyl (C=O) groups excluding carboxylic acids is 1. The first-order valence-corrected chi connectivity index (χ1v) is 6.17. The fraction of sp³-hybridized carbons (Fsp3) is 0.917. The number of esters is 1. The van der Waals surface area contributed by atoms with E-state index in [2.05, 4.69) is 6.92 Å². The van der Waals surface area contributed by atoms with E-state index in [1.165, 1.54) is 0 Å². The molecule has 3 heterocycles. The zero-order chi connectivity index (χ0) is 12.5. The fourth-order valence-electron chi connectivity index (χ4n) is 2.02. The molecule has 3 saturated heterocycles. The van der Waals surface area contributed by atoms with Crippen LogP contribution in [0.25, 0.3) is 0 Å². The van der Waals surface area contributed by atoms with E-state index in [-0.39, 0.29) is 11.4 Å². The summed E-state index contributed by atoms with van der Waals surface area (Å²) in [5.74, 6) is -1.47. The van der Waals surface area contributed by atoms with Gasteiger partial charge in [-0.2, -0.15) is 0 Å². The number of carbonyl (C=O) groups is 1. The quantitative estimate of drug-likeness (QED) is 0.701. The summed E-state index contributed by atoms with van der Waals surface area (Å²) in [4.78, 5) is 11.3.